The first-order valence-electron chi connectivity index (χ1n) is 5.43. The number of carbonyl (C=O) groups excluding carboxylic acids is 1. The Morgan fingerprint density at radius 2 is 2.11 bits per heavy atom. The Hall–Kier alpha value is -2.24. The summed E-state index contributed by atoms with van der Waals surface area (Å²) in [6.45, 7) is 2.36. The van der Waals surface area contributed by atoms with Crippen molar-refractivity contribution in [1.29, 1.82) is 0 Å². The molecule has 0 spiro atoms. The predicted octanol–water partition coefficient (Wildman–Crippen LogP) is 1.88. The maximum absolute atomic E-state index is 11.7. The summed E-state index contributed by atoms with van der Waals surface area (Å²) in [7, 11) is 3.07. The molecule has 0 saturated carbocycles. The number of amides is 2. The summed E-state index contributed by atoms with van der Waals surface area (Å²) in [6.07, 6.45) is 0. The first kappa shape index (κ1) is 13.8. The number of nitrogens with zero attached hydrogens (tertiary/aromatic N) is 1. The summed E-state index contributed by atoms with van der Waals surface area (Å²) < 4.78 is 4.95. The highest BCUT2D eigenvalue weighted by Crippen LogP contribution is 2.22. The monoisotopic (exact) mass is 252 g/mol. The lowest BCUT2D eigenvalue weighted by Gasteiger charge is -2.16. The molecule has 0 aliphatic rings. The van der Waals surface area contributed by atoms with Crippen LogP contribution in [-0.2, 0) is 0 Å². The number of hydrogen-bond acceptors (Lipinski definition) is 3. The van der Waals surface area contributed by atoms with Crippen LogP contribution in [0, 0.1) is 0 Å². The van der Waals surface area contributed by atoms with Crippen molar-refractivity contribution in [2.24, 2.45) is 0 Å². The van der Waals surface area contributed by atoms with Crippen molar-refractivity contribution in [2.45, 2.75) is 6.92 Å². The molecule has 0 aromatic heterocycles. The molecule has 1 rings (SSSR count). The van der Waals surface area contributed by atoms with Gasteiger partial charge in [0.25, 0.3) is 0 Å². The van der Waals surface area contributed by atoms with Crippen LogP contribution in [0.4, 0.5) is 10.5 Å². The normalized spacial score (nSPS) is 9.72. The molecule has 0 unspecified atom stereocenters. The van der Waals surface area contributed by atoms with E-state index in [1.165, 1.54) is 24.1 Å². The fourth-order valence-electron chi connectivity index (χ4n) is 1.29. The van der Waals surface area contributed by atoms with Gasteiger partial charge in [-0.15, -0.1) is 0 Å². The van der Waals surface area contributed by atoms with E-state index >= 15 is 0 Å². The minimum absolute atomic E-state index is 0.00722. The Labute approximate surface area is 105 Å². The van der Waals surface area contributed by atoms with Gasteiger partial charge in [0.1, 0.15) is 5.75 Å². The molecule has 0 heterocycles. The second-order valence-corrected chi connectivity index (χ2v) is 3.66. The van der Waals surface area contributed by atoms with Crippen LogP contribution in [0.3, 0.4) is 0 Å². The summed E-state index contributed by atoms with van der Waals surface area (Å²) in [5.74, 6) is -0.697. The molecule has 0 saturated heterocycles. The highest BCUT2D eigenvalue weighted by Gasteiger charge is 2.15. The molecule has 0 bridgehead atoms. The van der Waals surface area contributed by atoms with Crippen molar-refractivity contribution in [1.82, 2.24) is 4.90 Å². The molecule has 18 heavy (non-hydrogen) atoms. The molecule has 0 fully saturated rings. The number of carbonyl (C=O) groups is 2. The van der Waals surface area contributed by atoms with E-state index < -0.39 is 5.97 Å². The number of methoxy groups -OCH3 is 1. The fourth-order valence-corrected chi connectivity index (χ4v) is 1.29. The van der Waals surface area contributed by atoms with Crippen molar-refractivity contribution < 1.29 is 19.4 Å². The van der Waals surface area contributed by atoms with Crippen LogP contribution in [0.5, 0.6) is 5.75 Å². The molecule has 0 radical (unpaired) electrons. The van der Waals surface area contributed by atoms with Crippen LogP contribution in [-0.4, -0.2) is 42.7 Å². The average Bonchev–Trinajstić information content (AvgIpc) is 2.37. The predicted molar refractivity (Wildman–Crippen MR) is 67.3 cm³/mol. The third-order valence-corrected chi connectivity index (χ3v) is 2.52. The second kappa shape index (κ2) is 5.90. The molecule has 0 aliphatic carbocycles. The van der Waals surface area contributed by atoms with Gasteiger partial charge in [0.15, 0.2) is 0 Å². The first-order valence-corrected chi connectivity index (χ1v) is 5.43. The van der Waals surface area contributed by atoms with E-state index in [0.29, 0.717) is 12.3 Å². The lowest BCUT2D eigenvalue weighted by molar-refractivity contribution is 0.0697. The lowest BCUT2D eigenvalue weighted by Crippen LogP contribution is -2.31. The van der Waals surface area contributed by atoms with E-state index in [0.717, 1.165) is 0 Å². The number of rotatable bonds is 4. The Balaban J connectivity index is 3.01. The van der Waals surface area contributed by atoms with Gasteiger partial charge in [-0.25, -0.2) is 9.59 Å². The van der Waals surface area contributed by atoms with Crippen LogP contribution in [0.25, 0.3) is 0 Å². The van der Waals surface area contributed by atoms with Gasteiger partial charge in [-0.1, -0.05) is 0 Å². The number of anilines is 1. The van der Waals surface area contributed by atoms with Gasteiger partial charge in [-0.05, 0) is 25.1 Å². The van der Waals surface area contributed by atoms with E-state index in [-0.39, 0.29) is 17.3 Å². The van der Waals surface area contributed by atoms with Crippen LogP contribution >= 0.6 is 0 Å². The Morgan fingerprint density at radius 1 is 1.44 bits per heavy atom. The number of benzene rings is 1. The number of ether oxygens (including phenoxy) is 1. The SMILES string of the molecule is CCN(C)C(=O)Nc1ccc(OC)cc1C(=O)O. The van der Waals surface area contributed by atoms with Gasteiger partial charge >= 0.3 is 12.0 Å². The summed E-state index contributed by atoms with van der Waals surface area (Å²) in [5, 5.41) is 11.6. The van der Waals surface area contributed by atoms with E-state index in [1.54, 1.807) is 13.1 Å². The Bertz CT molecular complexity index is 459. The number of carboxylic acid groups (broad SMARTS) is 1. The van der Waals surface area contributed by atoms with Gasteiger partial charge in [0.05, 0.1) is 18.4 Å². The van der Waals surface area contributed by atoms with Crippen LogP contribution in [0.1, 0.15) is 17.3 Å². The van der Waals surface area contributed by atoms with Gasteiger partial charge < -0.3 is 20.1 Å². The standard InChI is InChI=1S/C12H16N2O4/c1-4-14(2)12(17)13-10-6-5-8(18-3)7-9(10)11(15)16/h5-7H,4H2,1-3H3,(H,13,17)(H,15,16). The topological polar surface area (TPSA) is 78.9 Å². The summed E-state index contributed by atoms with van der Waals surface area (Å²) in [5.41, 5.74) is 0.237. The number of urea groups is 1. The number of carboxylic acids is 1. The van der Waals surface area contributed by atoms with Crippen molar-refractivity contribution in [3.63, 3.8) is 0 Å². The zero-order valence-electron chi connectivity index (χ0n) is 10.6. The van der Waals surface area contributed by atoms with Gasteiger partial charge in [0, 0.05) is 13.6 Å². The molecular formula is C12H16N2O4. The molecule has 2 N–H and O–H groups in total. The highest BCUT2D eigenvalue weighted by atomic mass is 16.5. The summed E-state index contributed by atoms with van der Waals surface area (Å²) in [6, 6.07) is 4.10. The van der Waals surface area contributed by atoms with Crippen molar-refractivity contribution in [3.05, 3.63) is 23.8 Å². The number of hydrogen-bond donors (Lipinski definition) is 2. The van der Waals surface area contributed by atoms with Crippen molar-refractivity contribution in [3.8, 4) is 5.75 Å². The molecule has 1 aromatic rings. The second-order valence-electron chi connectivity index (χ2n) is 3.66. The summed E-state index contributed by atoms with van der Waals surface area (Å²) >= 11 is 0. The van der Waals surface area contributed by atoms with Crippen molar-refractivity contribution >= 4 is 17.7 Å². The van der Waals surface area contributed by atoms with Gasteiger partial charge in [0.2, 0.25) is 0 Å². The maximum Gasteiger partial charge on any atom is 0.337 e. The van der Waals surface area contributed by atoms with Crippen LogP contribution in [0.2, 0.25) is 0 Å². The summed E-state index contributed by atoms with van der Waals surface area (Å²) in [4.78, 5) is 24.2. The third-order valence-electron chi connectivity index (χ3n) is 2.52. The smallest absolute Gasteiger partial charge is 0.337 e. The van der Waals surface area contributed by atoms with Gasteiger partial charge in [-0.3, -0.25) is 0 Å². The molecule has 1 aromatic carbocycles. The van der Waals surface area contributed by atoms with Gasteiger partial charge in [-0.2, -0.15) is 0 Å². The molecule has 0 aliphatic heterocycles. The largest absolute Gasteiger partial charge is 0.497 e. The Morgan fingerprint density at radius 3 is 2.61 bits per heavy atom. The quantitative estimate of drug-likeness (QED) is 0.857. The molecule has 98 valence electrons. The molecule has 2 amide bonds. The van der Waals surface area contributed by atoms with Crippen LogP contribution in [0.15, 0.2) is 18.2 Å². The maximum atomic E-state index is 11.7. The third kappa shape index (κ3) is 3.13. The molecule has 6 heteroatoms. The lowest BCUT2D eigenvalue weighted by atomic mass is 10.1. The first-order chi connectivity index (χ1) is 8.49. The van der Waals surface area contributed by atoms with Crippen molar-refractivity contribution in [2.75, 3.05) is 26.0 Å². The number of nitrogens with one attached hydrogen (secondary N) is 1. The Kier molecular flexibility index (Phi) is 4.53. The molecule has 0 atom stereocenters. The minimum Gasteiger partial charge on any atom is -0.497 e. The highest BCUT2D eigenvalue weighted by molar-refractivity contribution is 6.00. The number of aromatic carboxylic acids is 1. The molecular weight excluding hydrogens is 236 g/mol. The zero-order chi connectivity index (χ0) is 13.7. The average molecular weight is 252 g/mol. The van der Waals surface area contributed by atoms with E-state index in [2.05, 4.69) is 5.32 Å². The van der Waals surface area contributed by atoms with E-state index in [9.17, 15) is 9.59 Å². The molecule has 6 nitrogen and oxygen atoms in total. The van der Waals surface area contributed by atoms with E-state index in [4.69, 9.17) is 9.84 Å². The van der Waals surface area contributed by atoms with E-state index in [1.807, 2.05) is 6.92 Å². The zero-order valence-corrected chi connectivity index (χ0v) is 10.6. The fraction of sp³-hybridized carbons (Fsp3) is 0.333. The minimum atomic E-state index is -1.12. The van der Waals surface area contributed by atoms with Crippen LogP contribution < -0.4 is 10.1 Å².